The van der Waals surface area contributed by atoms with E-state index >= 15 is 0 Å². The molecular formula is C31H36ClNO4. The van der Waals surface area contributed by atoms with Gasteiger partial charge < -0.3 is 20.1 Å². The molecular weight excluding hydrogens is 486 g/mol. The van der Waals surface area contributed by atoms with E-state index in [1.807, 2.05) is 42.5 Å². The number of hydrogen-bond acceptors (Lipinski definition) is 5. The quantitative estimate of drug-likeness (QED) is 0.301. The van der Waals surface area contributed by atoms with Crippen LogP contribution in [0.2, 0.25) is 0 Å². The van der Waals surface area contributed by atoms with E-state index in [9.17, 15) is 15.3 Å². The molecule has 2 fully saturated rings. The van der Waals surface area contributed by atoms with Gasteiger partial charge in [0.1, 0.15) is 18.1 Å². The van der Waals surface area contributed by atoms with Crippen molar-refractivity contribution in [1.29, 1.82) is 0 Å². The third-order valence-corrected chi connectivity index (χ3v) is 7.55. The molecule has 196 valence electrons. The summed E-state index contributed by atoms with van der Waals surface area (Å²) in [6.07, 6.45) is 2.67. The summed E-state index contributed by atoms with van der Waals surface area (Å²) in [5, 5.41) is 29.2. The fourth-order valence-electron chi connectivity index (χ4n) is 5.62. The van der Waals surface area contributed by atoms with Crippen molar-refractivity contribution in [3.8, 4) is 11.5 Å². The third-order valence-electron chi connectivity index (χ3n) is 7.55. The molecule has 3 N–H and O–H groups in total. The Morgan fingerprint density at radius 2 is 1.54 bits per heavy atom. The van der Waals surface area contributed by atoms with E-state index < -0.39 is 0 Å². The number of phenolic OH excluding ortho intramolecular Hbond substituents is 1. The van der Waals surface area contributed by atoms with Crippen LogP contribution in [0.25, 0.3) is 11.1 Å². The molecule has 0 radical (unpaired) electrons. The van der Waals surface area contributed by atoms with Gasteiger partial charge in [0.05, 0.1) is 6.61 Å². The minimum atomic E-state index is 0. The number of nitrogens with zero attached hydrogens (tertiary/aromatic N) is 1. The Morgan fingerprint density at radius 3 is 2.19 bits per heavy atom. The summed E-state index contributed by atoms with van der Waals surface area (Å²) < 4.78 is 6.07. The van der Waals surface area contributed by atoms with Crippen LogP contribution in [0.5, 0.6) is 11.5 Å². The first-order chi connectivity index (χ1) is 17.7. The highest BCUT2D eigenvalue weighted by Gasteiger charge is 2.51. The van der Waals surface area contributed by atoms with Crippen LogP contribution in [0, 0.1) is 11.8 Å². The summed E-state index contributed by atoms with van der Waals surface area (Å²) >= 11 is 0. The van der Waals surface area contributed by atoms with Crippen LogP contribution in [-0.4, -0.2) is 59.2 Å². The molecule has 1 saturated carbocycles. The number of piperidine rings is 1. The monoisotopic (exact) mass is 521 g/mol. The zero-order chi connectivity index (χ0) is 24.9. The number of aromatic hydroxyl groups is 1. The molecule has 5 nitrogen and oxygen atoms in total. The van der Waals surface area contributed by atoms with Crippen molar-refractivity contribution in [2.75, 3.05) is 32.9 Å². The van der Waals surface area contributed by atoms with Crippen molar-refractivity contribution >= 4 is 23.6 Å². The van der Waals surface area contributed by atoms with Gasteiger partial charge in [0.15, 0.2) is 0 Å². The molecule has 0 bridgehead atoms. The SMILES string of the molecule is Cl.OCCC/C(=C(\c1ccc(O)cc1)c1ccc(OCCN2C[C@H]3C[C@H]3[C@H]2CO)cc1)c1ccccc1. The molecule has 37 heavy (non-hydrogen) atoms. The Kier molecular flexibility index (Phi) is 9.28. The molecule has 1 heterocycles. The summed E-state index contributed by atoms with van der Waals surface area (Å²) in [6, 6.07) is 26.1. The van der Waals surface area contributed by atoms with Crippen LogP contribution in [0.15, 0.2) is 78.9 Å². The second-order valence-corrected chi connectivity index (χ2v) is 9.87. The number of aliphatic hydroxyl groups excluding tert-OH is 2. The number of benzene rings is 3. The summed E-state index contributed by atoms with van der Waals surface area (Å²) in [7, 11) is 0. The van der Waals surface area contributed by atoms with Crippen LogP contribution in [0.3, 0.4) is 0 Å². The molecule has 3 aromatic rings. The van der Waals surface area contributed by atoms with Crippen molar-refractivity contribution in [3.05, 3.63) is 95.6 Å². The molecule has 0 unspecified atom stereocenters. The number of allylic oxidation sites excluding steroid dienone is 1. The lowest BCUT2D eigenvalue weighted by Crippen LogP contribution is -2.38. The van der Waals surface area contributed by atoms with Gasteiger partial charge in [0.25, 0.3) is 0 Å². The average molecular weight is 522 g/mol. The van der Waals surface area contributed by atoms with E-state index in [-0.39, 0.29) is 31.4 Å². The van der Waals surface area contributed by atoms with Crippen LogP contribution < -0.4 is 4.74 Å². The van der Waals surface area contributed by atoms with Gasteiger partial charge in [0, 0.05) is 25.7 Å². The minimum Gasteiger partial charge on any atom is -0.508 e. The van der Waals surface area contributed by atoms with E-state index in [1.165, 1.54) is 6.42 Å². The van der Waals surface area contributed by atoms with Gasteiger partial charge in [0.2, 0.25) is 0 Å². The van der Waals surface area contributed by atoms with Gasteiger partial charge in [-0.25, -0.2) is 0 Å². The first-order valence-corrected chi connectivity index (χ1v) is 12.9. The molecule has 0 aromatic heterocycles. The Balaban J connectivity index is 0.00000320. The standard InChI is InChI=1S/C31H35NO4.ClH/c33-17-4-7-28(22-5-2-1-3-6-22)31(23-8-12-26(35)13-9-23)24-10-14-27(15-11-24)36-18-16-32-20-25-19-29(25)30(32)21-34;/h1-3,5-6,8-15,25,29-30,33-35H,4,7,16-21H2;1H/b31-28-;/t25-,29-,30-;/m1./s1. The molecule has 6 heteroatoms. The van der Waals surface area contributed by atoms with E-state index in [2.05, 4.69) is 29.2 Å². The number of fused-ring (bicyclic) bond motifs is 1. The number of likely N-dealkylation sites (tertiary alicyclic amines) is 1. The smallest absolute Gasteiger partial charge is 0.119 e. The maximum absolute atomic E-state index is 9.87. The van der Waals surface area contributed by atoms with Crippen molar-refractivity contribution < 1.29 is 20.1 Å². The van der Waals surface area contributed by atoms with Gasteiger partial charge in [-0.3, -0.25) is 4.90 Å². The Labute approximate surface area is 225 Å². The molecule has 1 aliphatic heterocycles. The lowest BCUT2D eigenvalue weighted by molar-refractivity contribution is 0.120. The normalized spacial score (nSPS) is 21.1. The predicted octanol–water partition coefficient (Wildman–Crippen LogP) is 5.24. The zero-order valence-electron chi connectivity index (χ0n) is 21.0. The van der Waals surface area contributed by atoms with E-state index in [1.54, 1.807) is 12.1 Å². The molecule has 1 aliphatic carbocycles. The molecule has 1 saturated heterocycles. The van der Waals surface area contributed by atoms with Gasteiger partial charge in [-0.15, -0.1) is 12.4 Å². The number of phenols is 1. The summed E-state index contributed by atoms with van der Waals surface area (Å²) in [6.45, 7) is 2.87. The van der Waals surface area contributed by atoms with Gasteiger partial charge >= 0.3 is 0 Å². The second-order valence-electron chi connectivity index (χ2n) is 9.87. The van der Waals surface area contributed by atoms with E-state index in [4.69, 9.17) is 4.74 Å². The second kappa shape index (κ2) is 12.6. The van der Waals surface area contributed by atoms with E-state index in [0.29, 0.717) is 25.0 Å². The predicted molar refractivity (Wildman–Crippen MR) is 150 cm³/mol. The molecule has 2 aliphatic rings. The summed E-state index contributed by atoms with van der Waals surface area (Å²) in [4.78, 5) is 2.37. The molecule has 3 atom stereocenters. The van der Waals surface area contributed by atoms with Crippen LogP contribution >= 0.6 is 12.4 Å². The lowest BCUT2D eigenvalue weighted by Gasteiger charge is -2.25. The highest BCUT2D eigenvalue weighted by molar-refractivity contribution is 5.98. The minimum absolute atomic E-state index is 0. The summed E-state index contributed by atoms with van der Waals surface area (Å²) in [5.74, 6) is 2.52. The number of rotatable bonds is 11. The summed E-state index contributed by atoms with van der Waals surface area (Å²) in [5.41, 5.74) is 5.44. The number of aliphatic hydroxyl groups is 2. The molecule has 3 aromatic carbocycles. The van der Waals surface area contributed by atoms with Crippen LogP contribution in [0.1, 0.15) is 36.0 Å². The largest absolute Gasteiger partial charge is 0.508 e. The third kappa shape index (κ3) is 6.36. The lowest BCUT2D eigenvalue weighted by atomic mass is 9.87. The number of ether oxygens (including phenoxy) is 1. The average Bonchev–Trinajstić information content (AvgIpc) is 3.59. The first-order valence-electron chi connectivity index (χ1n) is 12.9. The first kappa shape index (κ1) is 27.2. The molecule has 0 spiro atoms. The molecule has 0 amide bonds. The van der Waals surface area contributed by atoms with Crippen molar-refractivity contribution in [1.82, 2.24) is 4.90 Å². The fourth-order valence-corrected chi connectivity index (χ4v) is 5.62. The Bertz CT molecular complexity index is 1160. The van der Waals surface area contributed by atoms with Gasteiger partial charge in [-0.1, -0.05) is 54.6 Å². The van der Waals surface area contributed by atoms with E-state index in [0.717, 1.165) is 59.0 Å². The van der Waals surface area contributed by atoms with Crippen molar-refractivity contribution in [2.24, 2.45) is 11.8 Å². The highest BCUT2D eigenvalue weighted by Crippen LogP contribution is 2.49. The zero-order valence-corrected chi connectivity index (χ0v) is 21.8. The van der Waals surface area contributed by atoms with Gasteiger partial charge in [-0.2, -0.15) is 0 Å². The topological polar surface area (TPSA) is 73.2 Å². The fraction of sp³-hybridized carbons (Fsp3) is 0.355. The molecule has 5 rings (SSSR count). The Hall–Kier alpha value is -2.83. The van der Waals surface area contributed by atoms with Crippen molar-refractivity contribution in [3.63, 3.8) is 0 Å². The van der Waals surface area contributed by atoms with Crippen LogP contribution in [-0.2, 0) is 0 Å². The van der Waals surface area contributed by atoms with Crippen LogP contribution in [0.4, 0.5) is 0 Å². The van der Waals surface area contributed by atoms with Crippen molar-refractivity contribution in [2.45, 2.75) is 25.3 Å². The maximum atomic E-state index is 9.87. The Morgan fingerprint density at radius 1 is 0.865 bits per heavy atom. The number of halogens is 1. The number of hydrogen-bond donors (Lipinski definition) is 3. The van der Waals surface area contributed by atoms with Gasteiger partial charge in [-0.05, 0) is 83.2 Å². The highest BCUT2D eigenvalue weighted by atomic mass is 35.5. The maximum Gasteiger partial charge on any atom is 0.119 e.